The Kier molecular flexibility index (Phi) is 6.49. The van der Waals surface area contributed by atoms with E-state index in [-0.39, 0.29) is 0 Å². The number of halogens is 1. The van der Waals surface area contributed by atoms with Crippen LogP contribution in [0, 0.1) is 0 Å². The van der Waals surface area contributed by atoms with Crippen LogP contribution in [0.4, 0.5) is 5.69 Å². The number of benzene rings is 2. The number of methoxy groups -OCH3 is 2. The first-order valence-corrected chi connectivity index (χ1v) is 8.17. The SMILES string of the molecule is COc1cc(CO/N=C/c2ccc(N(C)C)cc2)c(OC)cc1Br. The van der Waals surface area contributed by atoms with Gasteiger partial charge in [0.05, 0.1) is 24.9 Å². The minimum absolute atomic E-state index is 0.291. The highest BCUT2D eigenvalue weighted by Crippen LogP contribution is 2.33. The van der Waals surface area contributed by atoms with Crippen molar-refractivity contribution in [3.63, 3.8) is 0 Å². The summed E-state index contributed by atoms with van der Waals surface area (Å²) in [5, 5.41) is 4.02. The zero-order valence-corrected chi connectivity index (χ0v) is 15.8. The summed E-state index contributed by atoms with van der Waals surface area (Å²) in [4.78, 5) is 7.44. The third kappa shape index (κ3) is 4.64. The zero-order valence-electron chi connectivity index (χ0n) is 14.2. The average molecular weight is 393 g/mol. The van der Waals surface area contributed by atoms with E-state index in [1.165, 1.54) is 0 Å². The molecular weight excluding hydrogens is 372 g/mol. The monoisotopic (exact) mass is 392 g/mol. The Morgan fingerprint density at radius 1 is 1.04 bits per heavy atom. The van der Waals surface area contributed by atoms with E-state index in [2.05, 4.69) is 21.1 Å². The fraction of sp³-hybridized carbons (Fsp3) is 0.278. The smallest absolute Gasteiger partial charge is 0.146 e. The zero-order chi connectivity index (χ0) is 17.5. The topological polar surface area (TPSA) is 43.3 Å². The van der Waals surface area contributed by atoms with Gasteiger partial charge in [-0.05, 0) is 45.8 Å². The van der Waals surface area contributed by atoms with Crippen molar-refractivity contribution in [3.05, 3.63) is 52.0 Å². The molecule has 24 heavy (non-hydrogen) atoms. The molecule has 0 saturated carbocycles. The van der Waals surface area contributed by atoms with E-state index in [0.717, 1.165) is 27.0 Å². The Balaban J connectivity index is 2.00. The predicted molar refractivity (Wildman–Crippen MR) is 100 cm³/mol. The molecule has 2 aromatic carbocycles. The van der Waals surface area contributed by atoms with Gasteiger partial charge in [-0.1, -0.05) is 17.3 Å². The van der Waals surface area contributed by atoms with Gasteiger partial charge in [-0.2, -0.15) is 0 Å². The van der Waals surface area contributed by atoms with Gasteiger partial charge in [0.1, 0.15) is 18.1 Å². The third-order valence-corrected chi connectivity index (χ3v) is 4.08. The molecule has 0 bridgehead atoms. The molecule has 0 aliphatic heterocycles. The fourth-order valence-electron chi connectivity index (χ4n) is 2.10. The minimum Gasteiger partial charge on any atom is -0.496 e. The Morgan fingerprint density at radius 2 is 1.71 bits per heavy atom. The quantitative estimate of drug-likeness (QED) is 0.525. The van der Waals surface area contributed by atoms with Gasteiger partial charge >= 0.3 is 0 Å². The van der Waals surface area contributed by atoms with Crippen molar-refractivity contribution >= 4 is 27.8 Å². The van der Waals surface area contributed by atoms with Gasteiger partial charge in [-0.15, -0.1) is 0 Å². The Bertz CT molecular complexity index is 700. The highest BCUT2D eigenvalue weighted by Gasteiger charge is 2.10. The molecule has 6 heteroatoms. The maximum absolute atomic E-state index is 5.39. The minimum atomic E-state index is 0.291. The third-order valence-electron chi connectivity index (χ3n) is 3.46. The molecular formula is C18H21BrN2O3. The van der Waals surface area contributed by atoms with Crippen LogP contribution in [-0.2, 0) is 11.4 Å². The summed E-state index contributed by atoms with van der Waals surface area (Å²) in [6.45, 7) is 0.291. The average Bonchev–Trinajstić information content (AvgIpc) is 2.59. The fourth-order valence-corrected chi connectivity index (χ4v) is 2.58. The molecule has 128 valence electrons. The number of hydrogen-bond acceptors (Lipinski definition) is 5. The van der Waals surface area contributed by atoms with E-state index in [1.54, 1.807) is 20.4 Å². The summed E-state index contributed by atoms with van der Waals surface area (Å²) in [5.41, 5.74) is 2.97. The normalized spacial score (nSPS) is 10.7. The lowest BCUT2D eigenvalue weighted by Gasteiger charge is -2.12. The van der Waals surface area contributed by atoms with Gasteiger partial charge in [0.25, 0.3) is 0 Å². The van der Waals surface area contributed by atoms with Crippen LogP contribution >= 0.6 is 15.9 Å². The molecule has 0 aliphatic carbocycles. The van der Waals surface area contributed by atoms with Crippen molar-refractivity contribution in [1.29, 1.82) is 0 Å². The van der Waals surface area contributed by atoms with E-state index in [1.807, 2.05) is 55.4 Å². The second kappa shape index (κ2) is 8.59. The largest absolute Gasteiger partial charge is 0.496 e. The van der Waals surface area contributed by atoms with Gasteiger partial charge < -0.3 is 19.2 Å². The van der Waals surface area contributed by atoms with Gasteiger partial charge in [0.15, 0.2) is 0 Å². The number of rotatable bonds is 7. The molecule has 0 heterocycles. The van der Waals surface area contributed by atoms with Crippen LogP contribution in [0.2, 0.25) is 0 Å². The Hall–Kier alpha value is -2.21. The van der Waals surface area contributed by atoms with Crippen LogP contribution in [0.15, 0.2) is 46.0 Å². The van der Waals surface area contributed by atoms with Crippen LogP contribution in [0.3, 0.4) is 0 Å². The summed E-state index contributed by atoms with van der Waals surface area (Å²) in [5.74, 6) is 1.44. The molecule has 2 aromatic rings. The first kappa shape index (κ1) is 18.1. The van der Waals surface area contributed by atoms with Crippen molar-refractivity contribution in [1.82, 2.24) is 0 Å². The number of anilines is 1. The second-order valence-electron chi connectivity index (χ2n) is 5.29. The highest BCUT2D eigenvalue weighted by molar-refractivity contribution is 9.10. The first-order chi connectivity index (χ1) is 11.5. The van der Waals surface area contributed by atoms with Crippen molar-refractivity contribution in [2.45, 2.75) is 6.61 Å². The van der Waals surface area contributed by atoms with E-state index in [4.69, 9.17) is 14.3 Å². The van der Waals surface area contributed by atoms with E-state index in [0.29, 0.717) is 12.4 Å². The van der Waals surface area contributed by atoms with E-state index < -0.39 is 0 Å². The molecule has 0 fully saturated rings. The van der Waals surface area contributed by atoms with E-state index in [9.17, 15) is 0 Å². The number of hydrogen-bond donors (Lipinski definition) is 0. The van der Waals surface area contributed by atoms with Crippen LogP contribution in [0.25, 0.3) is 0 Å². The summed E-state index contributed by atoms with van der Waals surface area (Å²) < 4.78 is 11.5. The highest BCUT2D eigenvalue weighted by atomic mass is 79.9. The standard InChI is InChI=1S/C18H21BrN2O3/c1-21(2)15-7-5-13(6-8-15)11-20-24-12-14-9-18(23-4)16(19)10-17(14)22-3/h5-11H,12H2,1-4H3/b20-11+. The molecule has 0 radical (unpaired) electrons. The lowest BCUT2D eigenvalue weighted by Crippen LogP contribution is -2.08. The van der Waals surface area contributed by atoms with Gasteiger partial charge in [0, 0.05) is 25.3 Å². The molecule has 0 unspecified atom stereocenters. The molecule has 0 spiro atoms. The molecule has 0 aliphatic rings. The Morgan fingerprint density at radius 3 is 2.29 bits per heavy atom. The summed E-state index contributed by atoms with van der Waals surface area (Å²) in [6.07, 6.45) is 1.68. The van der Waals surface area contributed by atoms with Crippen LogP contribution in [-0.4, -0.2) is 34.5 Å². The maximum Gasteiger partial charge on any atom is 0.146 e. The molecule has 0 N–H and O–H groups in total. The van der Waals surface area contributed by atoms with Crippen molar-refractivity contribution < 1.29 is 14.3 Å². The number of oxime groups is 1. The lowest BCUT2D eigenvalue weighted by atomic mass is 10.2. The molecule has 2 rings (SSSR count). The molecule has 0 aromatic heterocycles. The van der Waals surface area contributed by atoms with Gasteiger partial charge in [-0.25, -0.2) is 0 Å². The number of nitrogens with zero attached hydrogens (tertiary/aromatic N) is 2. The van der Waals surface area contributed by atoms with Gasteiger partial charge in [0.2, 0.25) is 0 Å². The van der Waals surface area contributed by atoms with Crippen LogP contribution in [0.1, 0.15) is 11.1 Å². The van der Waals surface area contributed by atoms with Gasteiger partial charge in [-0.3, -0.25) is 0 Å². The van der Waals surface area contributed by atoms with Crippen molar-refractivity contribution in [3.8, 4) is 11.5 Å². The maximum atomic E-state index is 5.39. The molecule has 0 amide bonds. The molecule has 5 nitrogen and oxygen atoms in total. The summed E-state index contributed by atoms with van der Waals surface area (Å²) >= 11 is 3.43. The summed E-state index contributed by atoms with van der Waals surface area (Å²) in [7, 11) is 7.25. The van der Waals surface area contributed by atoms with Crippen LogP contribution < -0.4 is 14.4 Å². The first-order valence-electron chi connectivity index (χ1n) is 7.38. The van der Waals surface area contributed by atoms with Crippen molar-refractivity contribution in [2.75, 3.05) is 33.2 Å². The second-order valence-corrected chi connectivity index (χ2v) is 6.15. The lowest BCUT2D eigenvalue weighted by molar-refractivity contribution is 0.129. The van der Waals surface area contributed by atoms with Crippen molar-refractivity contribution in [2.24, 2.45) is 5.16 Å². The summed E-state index contributed by atoms with van der Waals surface area (Å²) in [6, 6.07) is 11.8. The number of ether oxygens (including phenoxy) is 2. The molecule has 0 atom stereocenters. The predicted octanol–water partition coefficient (Wildman–Crippen LogP) is 4.08. The van der Waals surface area contributed by atoms with E-state index >= 15 is 0 Å². The Labute approximate surface area is 150 Å². The molecule has 0 saturated heterocycles. The van der Waals surface area contributed by atoms with Crippen LogP contribution in [0.5, 0.6) is 11.5 Å².